The average molecular weight is 299 g/mol. The Labute approximate surface area is 121 Å². The second-order valence-corrected chi connectivity index (χ2v) is 4.93. The van der Waals surface area contributed by atoms with Crippen molar-refractivity contribution in [1.82, 2.24) is 9.88 Å². The number of aromatic nitrogens is 1. The Bertz CT molecular complexity index is 517. The van der Waals surface area contributed by atoms with Crippen LogP contribution in [0.3, 0.4) is 0 Å². The zero-order chi connectivity index (χ0) is 15.4. The Morgan fingerprint density at radius 1 is 1.43 bits per heavy atom. The molecule has 1 aromatic rings. The van der Waals surface area contributed by atoms with Crippen molar-refractivity contribution in [3.63, 3.8) is 0 Å². The average Bonchev–Trinajstić information content (AvgIpc) is 2.49. The number of pyridine rings is 1. The summed E-state index contributed by atoms with van der Waals surface area (Å²) in [6.45, 7) is 4.31. The fraction of sp³-hybridized carbons (Fsp3) is 0.538. The van der Waals surface area contributed by atoms with Crippen LogP contribution in [0.5, 0.6) is 0 Å². The van der Waals surface area contributed by atoms with Crippen LogP contribution in [0.2, 0.25) is 0 Å². The van der Waals surface area contributed by atoms with Gasteiger partial charge in [0.25, 0.3) is 0 Å². The Morgan fingerprint density at radius 2 is 2.10 bits per heavy atom. The number of piperazine rings is 1. The van der Waals surface area contributed by atoms with Gasteiger partial charge in [-0.3, -0.25) is 4.90 Å². The summed E-state index contributed by atoms with van der Waals surface area (Å²) >= 11 is 0. The maximum Gasteiger partial charge on any atom is 0.168 e. The Balaban J connectivity index is 2.03. The first kappa shape index (κ1) is 15.4. The van der Waals surface area contributed by atoms with Crippen molar-refractivity contribution in [2.45, 2.75) is 19.4 Å². The van der Waals surface area contributed by atoms with Gasteiger partial charge in [0.15, 0.2) is 17.5 Å². The van der Waals surface area contributed by atoms with E-state index in [4.69, 9.17) is 10.9 Å². The van der Waals surface area contributed by atoms with Crippen LogP contribution in [-0.4, -0.2) is 53.1 Å². The molecule has 1 atom stereocenters. The number of anilines is 1. The van der Waals surface area contributed by atoms with Crippen LogP contribution in [0.25, 0.3) is 0 Å². The Morgan fingerprint density at radius 3 is 2.62 bits per heavy atom. The number of halogens is 2. The molecule has 0 aromatic carbocycles. The topological polar surface area (TPSA) is 78.0 Å². The van der Waals surface area contributed by atoms with E-state index in [-0.39, 0.29) is 17.7 Å². The normalized spacial score (nSPS) is 18.8. The number of rotatable bonds is 4. The summed E-state index contributed by atoms with van der Waals surface area (Å²) in [7, 11) is 0. The summed E-state index contributed by atoms with van der Waals surface area (Å²) in [6.07, 6.45) is 1.73. The van der Waals surface area contributed by atoms with Gasteiger partial charge in [-0.15, -0.1) is 0 Å². The third kappa shape index (κ3) is 3.38. The maximum atomic E-state index is 13.7. The quantitative estimate of drug-likeness (QED) is 0.375. The van der Waals surface area contributed by atoms with Gasteiger partial charge in [0.1, 0.15) is 5.82 Å². The lowest BCUT2D eigenvalue weighted by Gasteiger charge is -2.39. The van der Waals surface area contributed by atoms with Crippen molar-refractivity contribution < 1.29 is 14.0 Å². The SMILES string of the molecule is CCC(C(N)=NO)N1CCN(c2ncc(F)cc2F)CC1. The molecule has 1 saturated heterocycles. The van der Waals surface area contributed by atoms with E-state index in [9.17, 15) is 8.78 Å². The standard InChI is InChI=1S/C13H19F2N5O/c1-2-11(12(16)18-21)19-3-5-20(6-4-19)13-10(15)7-9(14)8-17-13/h7-8,11,21H,2-6H2,1H3,(H2,16,18). The van der Waals surface area contributed by atoms with Gasteiger partial charge >= 0.3 is 0 Å². The summed E-state index contributed by atoms with van der Waals surface area (Å²) in [5.41, 5.74) is 5.68. The minimum atomic E-state index is -0.687. The van der Waals surface area contributed by atoms with Gasteiger partial charge in [0.05, 0.1) is 12.2 Å². The highest BCUT2D eigenvalue weighted by Gasteiger charge is 2.27. The second kappa shape index (κ2) is 6.66. The van der Waals surface area contributed by atoms with Crippen molar-refractivity contribution >= 4 is 11.7 Å². The zero-order valence-corrected chi connectivity index (χ0v) is 11.8. The summed E-state index contributed by atoms with van der Waals surface area (Å²) in [5, 5.41) is 11.9. The van der Waals surface area contributed by atoms with E-state index in [1.165, 1.54) is 0 Å². The number of nitrogens with two attached hydrogens (primary N) is 1. The van der Waals surface area contributed by atoms with Crippen LogP contribution in [-0.2, 0) is 0 Å². The largest absolute Gasteiger partial charge is 0.409 e. The second-order valence-electron chi connectivity index (χ2n) is 4.93. The highest BCUT2D eigenvalue weighted by molar-refractivity contribution is 5.85. The molecule has 1 aliphatic rings. The van der Waals surface area contributed by atoms with E-state index in [0.29, 0.717) is 26.2 Å². The van der Waals surface area contributed by atoms with Crippen LogP contribution in [0.1, 0.15) is 13.3 Å². The number of hydrogen-bond donors (Lipinski definition) is 2. The van der Waals surface area contributed by atoms with E-state index in [1.54, 1.807) is 4.90 Å². The minimum absolute atomic E-state index is 0.136. The van der Waals surface area contributed by atoms with Gasteiger partial charge in [-0.25, -0.2) is 13.8 Å². The predicted octanol–water partition coefficient (Wildman–Crippen LogP) is 1.01. The van der Waals surface area contributed by atoms with Gasteiger partial charge in [-0.1, -0.05) is 12.1 Å². The number of hydrogen-bond acceptors (Lipinski definition) is 5. The molecule has 8 heteroatoms. The van der Waals surface area contributed by atoms with Crippen LogP contribution >= 0.6 is 0 Å². The minimum Gasteiger partial charge on any atom is -0.409 e. The van der Waals surface area contributed by atoms with Crippen LogP contribution in [0, 0.1) is 11.6 Å². The molecule has 6 nitrogen and oxygen atoms in total. The highest BCUT2D eigenvalue weighted by Crippen LogP contribution is 2.19. The molecular weight excluding hydrogens is 280 g/mol. The van der Waals surface area contributed by atoms with Crippen molar-refractivity contribution in [2.24, 2.45) is 10.9 Å². The third-order valence-corrected chi connectivity index (χ3v) is 3.69. The lowest BCUT2D eigenvalue weighted by atomic mass is 10.1. The first-order valence-electron chi connectivity index (χ1n) is 6.84. The fourth-order valence-electron chi connectivity index (χ4n) is 2.61. The first-order chi connectivity index (χ1) is 10.1. The van der Waals surface area contributed by atoms with E-state index < -0.39 is 11.6 Å². The zero-order valence-electron chi connectivity index (χ0n) is 11.8. The summed E-state index contributed by atoms with van der Waals surface area (Å²) in [6, 6.07) is 0.697. The molecule has 0 radical (unpaired) electrons. The first-order valence-corrected chi connectivity index (χ1v) is 6.84. The molecule has 0 amide bonds. The Hall–Kier alpha value is -1.96. The molecule has 0 bridgehead atoms. The van der Waals surface area contributed by atoms with E-state index >= 15 is 0 Å². The number of amidine groups is 1. The monoisotopic (exact) mass is 299 g/mol. The van der Waals surface area contributed by atoms with Gasteiger partial charge in [-0.2, -0.15) is 0 Å². The van der Waals surface area contributed by atoms with E-state index in [0.717, 1.165) is 18.7 Å². The van der Waals surface area contributed by atoms with Gasteiger partial charge in [-0.05, 0) is 6.42 Å². The molecule has 2 heterocycles. The molecule has 0 aliphatic carbocycles. The molecule has 1 aromatic heterocycles. The summed E-state index contributed by atoms with van der Waals surface area (Å²) < 4.78 is 26.6. The lowest BCUT2D eigenvalue weighted by Crippen LogP contribution is -2.54. The van der Waals surface area contributed by atoms with Crippen LogP contribution < -0.4 is 10.6 Å². The molecule has 1 aliphatic heterocycles. The van der Waals surface area contributed by atoms with Gasteiger partial charge in [0, 0.05) is 32.2 Å². The summed E-state index contributed by atoms with van der Waals surface area (Å²) in [5.74, 6) is -1.01. The molecule has 116 valence electrons. The smallest absolute Gasteiger partial charge is 0.168 e. The van der Waals surface area contributed by atoms with Gasteiger partial charge < -0.3 is 15.8 Å². The molecule has 1 unspecified atom stereocenters. The third-order valence-electron chi connectivity index (χ3n) is 3.69. The van der Waals surface area contributed by atoms with E-state index in [2.05, 4.69) is 15.0 Å². The van der Waals surface area contributed by atoms with Crippen molar-refractivity contribution in [3.05, 3.63) is 23.9 Å². The molecule has 2 rings (SSSR count). The molecule has 3 N–H and O–H groups in total. The molecule has 0 spiro atoms. The predicted molar refractivity (Wildman–Crippen MR) is 75.4 cm³/mol. The molecule has 0 saturated carbocycles. The van der Waals surface area contributed by atoms with Crippen molar-refractivity contribution in [3.8, 4) is 0 Å². The van der Waals surface area contributed by atoms with Gasteiger partial charge in [0.2, 0.25) is 0 Å². The van der Waals surface area contributed by atoms with Crippen molar-refractivity contribution in [2.75, 3.05) is 31.1 Å². The molecule has 1 fully saturated rings. The lowest BCUT2D eigenvalue weighted by molar-refractivity contribution is 0.215. The number of nitrogens with zero attached hydrogens (tertiary/aromatic N) is 4. The maximum absolute atomic E-state index is 13.7. The van der Waals surface area contributed by atoms with Crippen LogP contribution in [0.15, 0.2) is 17.4 Å². The molecule has 21 heavy (non-hydrogen) atoms. The number of oxime groups is 1. The molecular formula is C13H19F2N5O. The van der Waals surface area contributed by atoms with Crippen molar-refractivity contribution in [1.29, 1.82) is 0 Å². The van der Waals surface area contributed by atoms with Crippen LogP contribution in [0.4, 0.5) is 14.6 Å². The summed E-state index contributed by atoms with van der Waals surface area (Å²) in [4.78, 5) is 7.66. The Kier molecular flexibility index (Phi) is 4.89. The van der Waals surface area contributed by atoms with E-state index in [1.807, 2.05) is 6.92 Å². The fourth-order valence-corrected chi connectivity index (χ4v) is 2.61. The highest BCUT2D eigenvalue weighted by atomic mass is 19.1.